The molecule has 1 aromatic carbocycles. The second kappa shape index (κ2) is 9.71. The number of hydrogen-bond donors (Lipinski definition) is 1. The molecule has 3 rings (SSSR count). The fourth-order valence-electron chi connectivity index (χ4n) is 3.94. The van der Waals surface area contributed by atoms with E-state index in [9.17, 15) is 4.79 Å². The number of carbonyl (C=O) groups is 1. The Hall–Kier alpha value is -2.57. The lowest BCUT2D eigenvalue weighted by atomic mass is 9.85. The number of aromatic nitrogens is 3. The number of benzene rings is 1. The van der Waals surface area contributed by atoms with Crippen molar-refractivity contribution < 1.29 is 14.3 Å². The fraction of sp³-hybridized carbons (Fsp3) is 0.625. The van der Waals surface area contributed by atoms with Gasteiger partial charge >= 0.3 is 6.09 Å². The van der Waals surface area contributed by atoms with E-state index in [2.05, 4.69) is 46.1 Å². The topological polar surface area (TPSA) is 78.3 Å². The van der Waals surface area contributed by atoms with Crippen molar-refractivity contribution in [2.24, 2.45) is 7.05 Å². The quantitative estimate of drug-likeness (QED) is 0.695. The summed E-state index contributed by atoms with van der Waals surface area (Å²) >= 11 is 0. The van der Waals surface area contributed by atoms with E-state index in [1.807, 2.05) is 40.0 Å². The molecule has 170 valence electrons. The van der Waals surface area contributed by atoms with Crippen LogP contribution < -0.4 is 10.1 Å². The van der Waals surface area contributed by atoms with Gasteiger partial charge < -0.3 is 19.4 Å². The van der Waals surface area contributed by atoms with E-state index < -0.39 is 5.60 Å². The monoisotopic (exact) mass is 428 g/mol. The highest BCUT2D eigenvalue weighted by atomic mass is 16.6. The number of alkyl carbamates (subject to hydrolysis) is 1. The highest BCUT2D eigenvalue weighted by Crippen LogP contribution is 2.32. The Morgan fingerprint density at radius 3 is 2.55 bits per heavy atom. The lowest BCUT2D eigenvalue weighted by Gasteiger charge is -2.29. The van der Waals surface area contributed by atoms with E-state index in [1.54, 1.807) is 0 Å². The van der Waals surface area contributed by atoms with E-state index in [1.165, 1.54) is 5.56 Å². The number of hydrogen-bond acceptors (Lipinski definition) is 5. The molecule has 1 amide bonds. The molecular weight excluding hydrogens is 392 g/mol. The maximum atomic E-state index is 12.0. The van der Waals surface area contributed by atoms with Crippen molar-refractivity contribution in [2.75, 3.05) is 0 Å². The molecule has 0 radical (unpaired) electrons. The van der Waals surface area contributed by atoms with E-state index in [0.717, 1.165) is 43.1 Å². The first kappa shape index (κ1) is 23.1. The standard InChI is InChI=1S/C24H36N4O3/c1-16(2)18-8-7-9-20(14-18)30-15-21-26-27-22(28(21)6)17-10-12-19(13-11-17)25-23(29)31-24(3,4)5/h7-9,14,16-17,19H,10-13,15H2,1-6H3,(H,25,29)/t17-,19-. The number of amides is 1. The Morgan fingerprint density at radius 1 is 1.19 bits per heavy atom. The summed E-state index contributed by atoms with van der Waals surface area (Å²) in [6, 6.07) is 8.35. The van der Waals surface area contributed by atoms with Crippen LogP contribution in [0.5, 0.6) is 5.75 Å². The predicted octanol–water partition coefficient (Wildman–Crippen LogP) is 5.07. The molecule has 1 aromatic heterocycles. The zero-order chi connectivity index (χ0) is 22.6. The highest BCUT2D eigenvalue weighted by molar-refractivity contribution is 5.68. The number of ether oxygens (including phenoxy) is 2. The molecule has 7 nitrogen and oxygen atoms in total. The third kappa shape index (κ3) is 6.45. The second-order valence-corrected chi connectivity index (χ2v) is 9.74. The first-order chi connectivity index (χ1) is 14.6. The molecule has 1 aliphatic carbocycles. The second-order valence-electron chi connectivity index (χ2n) is 9.74. The van der Waals surface area contributed by atoms with Crippen molar-refractivity contribution >= 4 is 6.09 Å². The van der Waals surface area contributed by atoms with Crippen molar-refractivity contribution in [3.63, 3.8) is 0 Å². The first-order valence-electron chi connectivity index (χ1n) is 11.2. The molecule has 7 heteroatoms. The van der Waals surface area contributed by atoms with Crippen LogP contribution in [-0.2, 0) is 18.4 Å². The molecule has 0 aliphatic heterocycles. The number of nitrogens with zero attached hydrogens (tertiary/aromatic N) is 3. The molecule has 1 fully saturated rings. The van der Waals surface area contributed by atoms with Crippen molar-refractivity contribution in [1.29, 1.82) is 0 Å². The summed E-state index contributed by atoms with van der Waals surface area (Å²) in [6.07, 6.45) is 3.40. The van der Waals surface area contributed by atoms with E-state index in [0.29, 0.717) is 18.4 Å². The van der Waals surface area contributed by atoms with Gasteiger partial charge in [0.15, 0.2) is 5.82 Å². The largest absolute Gasteiger partial charge is 0.486 e. The molecule has 0 atom stereocenters. The summed E-state index contributed by atoms with van der Waals surface area (Å²) in [7, 11) is 2.00. The van der Waals surface area contributed by atoms with Crippen LogP contribution in [0.3, 0.4) is 0 Å². The maximum absolute atomic E-state index is 12.0. The van der Waals surface area contributed by atoms with Gasteiger partial charge in [0, 0.05) is 19.0 Å². The van der Waals surface area contributed by atoms with E-state index in [-0.39, 0.29) is 12.1 Å². The molecule has 0 saturated heterocycles. The SMILES string of the molecule is CC(C)c1cccc(OCc2nnc([C@H]3CC[C@H](NC(=O)OC(C)(C)C)CC3)n2C)c1. The molecular formula is C24H36N4O3. The predicted molar refractivity (Wildman–Crippen MR) is 120 cm³/mol. The Morgan fingerprint density at radius 2 is 1.90 bits per heavy atom. The number of nitrogens with one attached hydrogen (secondary N) is 1. The van der Waals surface area contributed by atoms with Crippen LogP contribution in [0.2, 0.25) is 0 Å². The van der Waals surface area contributed by atoms with E-state index >= 15 is 0 Å². The molecule has 31 heavy (non-hydrogen) atoms. The van der Waals surface area contributed by atoms with Crippen LogP contribution in [0.1, 0.15) is 89.4 Å². The third-order valence-corrected chi connectivity index (χ3v) is 5.70. The van der Waals surface area contributed by atoms with Gasteiger partial charge in [-0.3, -0.25) is 0 Å². The van der Waals surface area contributed by atoms with Crippen LogP contribution in [0.15, 0.2) is 24.3 Å². The summed E-state index contributed by atoms with van der Waals surface area (Å²) in [5.74, 6) is 3.46. The van der Waals surface area contributed by atoms with Crippen molar-refractivity contribution in [1.82, 2.24) is 20.1 Å². The average Bonchev–Trinajstić information content (AvgIpc) is 3.06. The third-order valence-electron chi connectivity index (χ3n) is 5.70. The Bertz CT molecular complexity index is 877. The normalized spacial score (nSPS) is 19.3. The lowest BCUT2D eigenvalue weighted by Crippen LogP contribution is -2.40. The Labute approximate surface area is 185 Å². The van der Waals surface area contributed by atoms with Gasteiger partial charge in [-0.1, -0.05) is 26.0 Å². The zero-order valence-corrected chi connectivity index (χ0v) is 19.6. The summed E-state index contributed by atoms with van der Waals surface area (Å²) < 4.78 is 13.4. The van der Waals surface area contributed by atoms with Gasteiger partial charge in [0.2, 0.25) is 0 Å². The zero-order valence-electron chi connectivity index (χ0n) is 19.6. The summed E-state index contributed by atoms with van der Waals surface area (Å²) in [6.45, 7) is 10.4. The van der Waals surface area contributed by atoms with Gasteiger partial charge in [0.1, 0.15) is 23.8 Å². The summed E-state index contributed by atoms with van der Waals surface area (Å²) in [5, 5.41) is 11.8. The van der Waals surface area contributed by atoms with Gasteiger partial charge in [-0.2, -0.15) is 0 Å². The molecule has 0 unspecified atom stereocenters. The minimum atomic E-state index is -0.478. The molecule has 1 N–H and O–H groups in total. The minimum Gasteiger partial charge on any atom is -0.486 e. The smallest absolute Gasteiger partial charge is 0.407 e. The average molecular weight is 429 g/mol. The summed E-state index contributed by atoms with van der Waals surface area (Å²) in [5.41, 5.74) is 0.780. The summed E-state index contributed by atoms with van der Waals surface area (Å²) in [4.78, 5) is 12.0. The maximum Gasteiger partial charge on any atom is 0.407 e. The van der Waals surface area contributed by atoms with Gasteiger partial charge in [-0.15, -0.1) is 10.2 Å². The van der Waals surface area contributed by atoms with Crippen molar-refractivity contribution in [3.05, 3.63) is 41.5 Å². The lowest BCUT2D eigenvalue weighted by molar-refractivity contribution is 0.0491. The van der Waals surface area contributed by atoms with Crippen molar-refractivity contribution in [3.8, 4) is 5.75 Å². The van der Waals surface area contributed by atoms with Gasteiger partial charge in [-0.25, -0.2) is 4.79 Å². The van der Waals surface area contributed by atoms with Crippen LogP contribution in [0, 0.1) is 0 Å². The first-order valence-corrected chi connectivity index (χ1v) is 11.2. The van der Waals surface area contributed by atoms with Crippen LogP contribution in [-0.4, -0.2) is 32.5 Å². The fourth-order valence-corrected chi connectivity index (χ4v) is 3.94. The Balaban J connectivity index is 1.53. The molecule has 1 heterocycles. The number of carbonyl (C=O) groups excluding carboxylic acids is 1. The molecule has 0 bridgehead atoms. The molecule has 2 aromatic rings. The molecule has 0 spiro atoms. The van der Waals surface area contributed by atoms with Crippen LogP contribution >= 0.6 is 0 Å². The van der Waals surface area contributed by atoms with Gasteiger partial charge in [0.25, 0.3) is 0 Å². The van der Waals surface area contributed by atoms with Crippen LogP contribution in [0.25, 0.3) is 0 Å². The highest BCUT2D eigenvalue weighted by Gasteiger charge is 2.28. The van der Waals surface area contributed by atoms with Gasteiger partial charge in [0.05, 0.1) is 0 Å². The molecule has 1 saturated carbocycles. The van der Waals surface area contributed by atoms with Gasteiger partial charge in [-0.05, 0) is 70.1 Å². The Kier molecular flexibility index (Phi) is 7.23. The number of rotatable bonds is 6. The van der Waals surface area contributed by atoms with Crippen molar-refractivity contribution in [2.45, 2.75) is 90.4 Å². The molecule has 1 aliphatic rings. The van der Waals surface area contributed by atoms with E-state index in [4.69, 9.17) is 9.47 Å². The minimum absolute atomic E-state index is 0.148. The van der Waals surface area contributed by atoms with Crippen LogP contribution in [0.4, 0.5) is 4.79 Å².